The number of hydrogen-bond donors (Lipinski definition) is 2. The lowest BCUT2D eigenvalue weighted by Crippen LogP contribution is -2.53. The number of rotatable bonds is 7. The fourth-order valence-electron chi connectivity index (χ4n) is 4.63. The van der Waals surface area contributed by atoms with Gasteiger partial charge in [0, 0.05) is 24.7 Å². The number of carbonyl (C=O) groups is 3. The van der Waals surface area contributed by atoms with E-state index in [1.165, 1.54) is 7.11 Å². The molecule has 2 fully saturated rings. The van der Waals surface area contributed by atoms with Crippen molar-refractivity contribution in [1.82, 2.24) is 15.5 Å². The molecule has 2 N–H and O–H groups in total. The summed E-state index contributed by atoms with van der Waals surface area (Å²) < 4.78 is 10.3. The van der Waals surface area contributed by atoms with E-state index in [0.29, 0.717) is 25.4 Å². The van der Waals surface area contributed by atoms with Crippen molar-refractivity contribution in [3.63, 3.8) is 0 Å². The molecule has 1 heterocycles. The molecule has 1 aliphatic carbocycles. The monoisotopic (exact) mass is 431 g/mol. The molecular formula is C23H33N3O5. The topological polar surface area (TPSA) is 97.0 Å². The Morgan fingerprint density at radius 1 is 1.16 bits per heavy atom. The van der Waals surface area contributed by atoms with E-state index in [0.717, 1.165) is 18.4 Å². The van der Waals surface area contributed by atoms with Crippen LogP contribution in [0.15, 0.2) is 30.3 Å². The normalized spacial score (nSPS) is 26.1. The van der Waals surface area contributed by atoms with Gasteiger partial charge in [0.05, 0.1) is 13.0 Å². The number of hydrogen-bond acceptors (Lipinski definition) is 6. The van der Waals surface area contributed by atoms with E-state index in [1.54, 1.807) is 4.90 Å². The quantitative estimate of drug-likeness (QED) is 0.643. The number of esters is 1. The van der Waals surface area contributed by atoms with E-state index in [9.17, 15) is 14.4 Å². The minimum atomic E-state index is -0.631. The number of likely N-dealkylation sites (tertiary alicyclic amines) is 1. The van der Waals surface area contributed by atoms with E-state index in [4.69, 9.17) is 9.47 Å². The van der Waals surface area contributed by atoms with Crippen LogP contribution in [0.4, 0.5) is 4.79 Å². The van der Waals surface area contributed by atoms with Gasteiger partial charge >= 0.3 is 12.1 Å². The highest BCUT2D eigenvalue weighted by molar-refractivity contribution is 5.88. The van der Waals surface area contributed by atoms with Crippen molar-refractivity contribution in [2.24, 2.45) is 5.92 Å². The minimum absolute atomic E-state index is 0.147. The van der Waals surface area contributed by atoms with E-state index in [1.807, 2.05) is 30.3 Å². The Morgan fingerprint density at radius 3 is 2.58 bits per heavy atom. The highest BCUT2D eigenvalue weighted by atomic mass is 16.5. The number of ether oxygens (including phenoxy) is 2. The molecule has 8 nitrogen and oxygen atoms in total. The Balaban J connectivity index is 1.57. The van der Waals surface area contributed by atoms with Crippen molar-refractivity contribution >= 4 is 18.0 Å². The summed E-state index contributed by atoms with van der Waals surface area (Å²) in [5.41, 5.74) is 0.879. The maximum absolute atomic E-state index is 13.0. The van der Waals surface area contributed by atoms with Gasteiger partial charge in [0.2, 0.25) is 5.91 Å². The zero-order valence-electron chi connectivity index (χ0n) is 18.5. The SMILES string of the molecule is COC(=O)C1CC(NC(C)C)CCC1N1CCC(NC(=O)OCc2ccccc2)C1=O. The molecule has 0 radical (unpaired) electrons. The van der Waals surface area contributed by atoms with Crippen LogP contribution in [-0.4, -0.2) is 60.7 Å². The second kappa shape index (κ2) is 10.6. The third-order valence-electron chi connectivity index (χ3n) is 6.03. The lowest BCUT2D eigenvalue weighted by atomic mass is 9.80. The average Bonchev–Trinajstić information content (AvgIpc) is 3.12. The van der Waals surface area contributed by atoms with Gasteiger partial charge in [-0.1, -0.05) is 44.2 Å². The molecule has 1 saturated heterocycles. The van der Waals surface area contributed by atoms with Crippen molar-refractivity contribution in [2.45, 2.75) is 70.3 Å². The molecule has 8 heteroatoms. The lowest BCUT2D eigenvalue weighted by Gasteiger charge is -2.40. The van der Waals surface area contributed by atoms with E-state index < -0.39 is 12.1 Å². The molecule has 0 aromatic heterocycles. The summed E-state index contributed by atoms with van der Waals surface area (Å²) in [6.07, 6.45) is 2.13. The van der Waals surface area contributed by atoms with Gasteiger partial charge in [0.1, 0.15) is 12.6 Å². The van der Waals surface area contributed by atoms with Gasteiger partial charge < -0.3 is 25.0 Å². The van der Waals surface area contributed by atoms with Gasteiger partial charge in [-0.05, 0) is 31.2 Å². The third-order valence-corrected chi connectivity index (χ3v) is 6.03. The standard InChI is InChI=1S/C23H33N3O5/c1-15(2)24-17-9-10-20(18(13-17)22(28)30-3)26-12-11-19(21(26)27)25-23(29)31-14-16-7-5-4-6-8-16/h4-8,15,17-20,24H,9-14H2,1-3H3,(H,25,29). The predicted molar refractivity (Wildman–Crippen MR) is 115 cm³/mol. The molecule has 2 aliphatic rings. The molecule has 4 unspecified atom stereocenters. The summed E-state index contributed by atoms with van der Waals surface area (Å²) in [6, 6.07) is 9.08. The number of alkyl carbamates (subject to hydrolysis) is 1. The average molecular weight is 432 g/mol. The van der Waals surface area contributed by atoms with Crippen molar-refractivity contribution in [1.29, 1.82) is 0 Å². The largest absolute Gasteiger partial charge is 0.469 e. The van der Waals surface area contributed by atoms with Crippen molar-refractivity contribution in [2.75, 3.05) is 13.7 Å². The van der Waals surface area contributed by atoms with Gasteiger partial charge in [-0.3, -0.25) is 9.59 Å². The predicted octanol–water partition coefficient (Wildman–Crippen LogP) is 2.22. The molecule has 170 valence electrons. The van der Waals surface area contributed by atoms with Gasteiger partial charge in [-0.2, -0.15) is 0 Å². The first kappa shape index (κ1) is 23.1. The first-order valence-electron chi connectivity index (χ1n) is 11.0. The lowest BCUT2D eigenvalue weighted by molar-refractivity contribution is -0.151. The van der Waals surface area contributed by atoms with E-state index >= 15 is 0 Å². The van der Waals surface area contributed by atoms with Crippen molar-refractivity contribution in [3.8, 4) is 0 Å². The maximum Gasteiger partial charge on any atom is 0.408 e. The number of nitrogens with one attached hydrogen (secondary N) is 2. The molecule has 2 amide bonds. The van der Waals surface area contributed by atoms with E-state index in [2.05, 4.69) is 24.5 Å². The number of methoxy groups -OCH3 is 1. The molecule has 0 spiro atoms. The van der Waals surface area contributed by atoms with E-state index in [-0.39, 0.29) is 36.5 Å². The minimum Gasteiger partial charge on any atom is -0.469 e. The zero-order chi connectivity index (χ0) is 22.4. The highest BCUT2D eigenvalue weighted by Gasteiger charge is 2.45. The molecule has 0 bridgehead atoms. The van der Waals surface area contributed by atoms with Gasteiger partial charge in [0.25, 0.3) is 0 Å². The first-order chi connectivity index (χ1) is 14.9. The Morgan fingerprint density at radius 2 is 1.90 bits per heavy atom. The van der Waals surface area contributed by atoms with Crippen LogP contribution >= 0.6 is 0 Å². The fraction of sp³-hybridized carbons (Fsp3) is 0.609. The zero-order valence-corrected chi connectivity index (χ0v) is 18.5. The summed E-state index contributed by atoms with van der Waals surface area (Å²) in [4.78, 5) is 39.4. The molecule has 3 rings (SSSR count). The van der Waals surface area contributed by atoms with Gasteiger partial charge in [0.15, 0.2) is 0 Å². The van der Waals surface area contributed by atoms with Crippen LogP contribution in [0.2, 0.25) is 0 Å². The Bertz CT molecular complexity index is 770. The van der Waals surface area contributed by atoms with Crippen molar-refractivity contribution < 1.29 is 23.9 Å². The van der Waals surface area contributed by atoms with Crippen molar-refractivity contribution in [3.05, 3.63) is 35.9 Å². The third kappa shape index (κ3) is 5.97. The number of carbonyl (C=O) groups excluding carboxylic acids is 3. The molecule has 1 aromatic carbocycles. The first-order valence-corrected chi connectivity index (χ1v) is 11.0. The van der Waals surface area contributed by atoms with Crippen LogP contribution in [0.3, 0.4) is 0 Å². The number of nitrogens with zero attached hydrogens (tertiary/aromatic N) is 1. The number of benzene rings is 1. The molecule has 4 atom stereocenters. The molecule has 31 heavy (non-hydrogen) atoms. The Hall–Kier alpha value is -2.61. The van der Waals surface area contributed by atoms with Gasteiger partial charge in [-0.25, -0.2) is 4.79 Å². The summed E-state index contributed by atoms with van der Waals surface area (Å²) in [5.74, 6) is -0.819. The van der Waals surface area contributed by atoms with Crippen LogP contribution in [-0.2, 0) is 25.7 Å². The Labute approximate surface area is 183 Å². The summed E-state index contributed by atoms with van der Waals surface area (Å²) in [6.45, 7) is 4.81. The molecular weight excluding hydrogens is 398 g/mol. The highest BCUT2D eigenvalue weighted by Crippen LogP contribution is 2.32. The summed E-state index contributed by atoms with van der Waals surface area (Å²) in [7, 11) is 1.39. The second-order valence-electron chi connectivity index (χ2n) is 8.61. The fourth-order valence-corrected chi connectivity index (χ4v) is 4.63. The molecule has 1 aliphatic heterocycles. The Kier molecular flexibility index (Phi) is 7.90. The van der Waals surface area contributed by atoms with Crippen LogP contribution in [0, 0.1) is 5.92 Å². The molecule has 1 aromatic rings. The summed E-state index contributed by atoms with van der Waals surface area (Å²) in [5, 5.41) is 6.17. The van der Waals surface area contributed by atoms with Crippen LogP contribution in [0.25, 0.3) is 0 Å². The van der Waals surface area contributed by atoms with Crippen LogP contribution in [0.1, 0.15) is 45.1 Å². The number of amides is 2. The molecule has 1 saturated carbocycles. The van der Waals surface area contributed by atoms with Gasteiger partial charge in [-0.15, -0.1) is 0 Å². The second-order valence-corrected chi connectivity index (χ2v) is 8.61. The maximum atomic E-state index is 13.0. The smallest absolute Gasteiger partial charge is 0.408 e. The summed E-state index contributed by atoms with van der Waals surface area (Å²) >= 11 is 0. The van der Waals surface area contributed by atoms with Crippen LogP contribution < -0.4 is 10.6 Å². The van der Waals surface area contributed by atoms with Crippen LogP contribution in [0.5, 0.6) is 0 Å².